The van der Waals surface area contributed by atoms with Crippen LogP contribution in [0.2, 0.25) is 0 Å². The number of carbonyl (C=O) groups is 1. The van der Waals surface area contributed by atoms with Crippen molar-refractivity contribution in [1.82, 2.24) is 9.36 Å². The van der Waals surface area contributed by atoms with Crippen LogP contribution < -0.4 is 10.9 Å². The van der Waals surface area contributed by atoms with Gasteiger partial charge >= 0.3 is 0 Å². The average Bonchev–Trinajstić information content (AvgIpc) is 2.80. The summed E-state index contributed by atoms with van der Waals surface area (Å²) in [5, 5.41) is 2.77. The monoisotopic (exact) mass is 385 g/mol. The highest BCUT2D eigenvalue weighted by Crippen LogP contribution is 2.16. The molecule has 122 valence electrons. The second-order valence-electron chi connectivity index (χ2n) is 5.40. The summed E-state index contributed by atoms with van der Waals surface area (Å²) in [6.45, 7) is 1.76. The number of aromatic nitrogens is 2. The predicted molar refractivity (Wildman–Crippen MR) is 97.8 cm³/mol. The SMILES string of the molecule is Cc1c(C(=O)Nc2ccc(Br)cc2)c(=O)n(-c2ccccc2)n1C. The van der Waals surface area contributed by atoms with E-state index in [2.05, 4.69) is 21.2 Å². The van der Waals surface area contributed by atoms with E-state index in [-0.39, 0.29) is 11.1 Å². The standard InChI is InChI=1S/C18H16BrN3O2/c1-12-16(17(23)20-14-10-8-13(19)9-11-14)18(24)22(21(12)2)15-6-4-3-5-7-15/h3-11H,1-2H3,(H,20,23). The lowest BCUT2D eigenvalue weighted by atomic mass is 10.2. The smallest absolute Gasteiger partial charge is 0.284 e. The number of para-hydroxylation sites is 1. The highest BCUT2D eigenvalue weighted by molar-refractivity contribution is 9.10. The molecule has 0 atom stereocenters. The summed E-state index contributed by atoms with van der Waals surface area (Å²) in [4.78, 5) is 25.4. The molecule has 0 unspecified atom stereocenters. The molecule has 0 saturated carbocycles. The van der Waals surface area contributed by atoms with Gasteiger partial charge in [0.2, 0.25) is 0 Å². The topological polar surface area (TPSA) is 56.0 Å². The van der Waals surface area contributed by atoms with Gasteiger partial charge in [0.05, 0.1) is 11.4 Å². The minimum absolute atomic E-state index is 0.143. The first-order valence-electron chi connectivity index (χ1n) is 7.40. The number of hydrogen-bond acceptors (Lipinski definition) is 2. The van der Waals surface area contributed by atoms with Gasteiger partial charge in [-0.05, 0) is 43.3 Å². The first kappa shape index (κ1) is 16.3. The van der Waals surface area contributed by atoms with E-state index in [0.29, 0.717) is 11.4 Å². The molecule has 2 aromatic carbocycles. The minimum atomic E-state index is -0.412. The third-order valence-corrected chi connectivity index (χ3v) is 4.41. The number of nitrogens with zero attached hydrogens (tertiary/aromatic N) is 2. The molecule has 1 amide bonds. The first-order valence-corrected chi connectivity index (χ1v) is 8.19. The van der Waals surface area contributed by atoms with Gasteiger partial charge in [0.25, 0.3) is 11.5 Å². The Labute approximate surface area is 147 Å². The molecular weight excluding hydrogens is 370 g/mol. The Balaban J connectivity index is 2.01. The molecular formula is C18H16BrN3O2. The third kappa shape index (κ3) is 2.92. The van der Waals surface area contributed by atoms with Crippen molar-refractivity contribution in [2.24, 2.45) is 7.05 Å². The van der Waals surface area contributed by atoms with Gasteiger partial charge < -0.3 is 5.32 Å². The predicted octanol–water partition coefficient (Wildman–Crippen LogP) is 3.50. The van der Waals surface area contributed by atoms with Crippen LogP contribution in [-0.2, 0) is 7.05 Å². The zero-order valence-electron chi connectivity index (χ0n) is 13.3. The van der Waals surface area contributed by atoms with E-state index in [4.69, 9.17) is 0 Å². The van der Waals surface area contributed by atoms with E-state index in [1.807, 2.05) is 42.5 Å². The molecule has 0 aliphatic heterocycles. The zero-order valence-corrected chi connectivity index (χ0v) is 14.9. The van der Waals surface area contributed by atoms with Crippen LogP contribution in [0.1, 0.15) is 16.1 Å². The molecule has 0 aliphatic carbocycles. The van der Waals surface area contributed by atoms with Crippen LogP contribution in [0.3, 0.4) is 0 Å². The fourth-order valence-corrected chi connectivity index (χ4v) is 2.82. The van der Waals surface area contributed by atoms with Crippen LogP contribution in [0.15, 0.2) is 63.9 Å². The van der Waals surface area contributed by atoms with Crippen LogP contribution in [0.4, 0.5) is 5.69 Å². The summed E-state index contributed by atoms with van der Waals surface area (Å²) in [5.74, 6) is -0.412. The molecule has 0 radical (unpaired) electrons. The minimum Gasteiger partial charge on any atom is -0.322 e. The summed E-state index contributed by atoms with van der Waals surface area (Å²) in [7, 11) is 1.76. The van der Waals surface area contributed by atoms with Crippen LogP contribution >= 0.6 is 15.9 Å². The van der Waals surface area contributed by atoms with E-state index in [9.17, 15) is 9.59 Å². The molecule has 6 heteroatoms. The lowest BCUT2D eigenvalue weighted by Crippen LogP contribution is -2.25. The van der Waals surface area contributed by atoms with Crippen molar-refractivity contribution in [2.45, 2.75) is 6.92 Å². The number of hydrogen-bond donors (Lipinski definition) is 1. The maximum Gasteiger partial charge on any atom is 0.284 e. The molecule has 0 aliphatic rings. The Morgan fingerprint density at radius 1 is 1.04 bits per heavy atom. The lowest BCUT2D eigenvalue weighted by molar-refractivity contribution is 0.102. The second-order valence-corrected chi connectivity index (χ2v) is 6.31. The Hall–Kier alpha value is -2.60. The quantitative estimate of drug-likeness (QED) is 0.749. The van der Waals surface area contributed by atoms with Crippen molar-refractivity contribution >= 4 is 27.5 Å². The summed E-state index contributed by atoms with van der Waals surface area (Å²) in [6, 6.07) is 16.5. The number of benzene rings is 2. The van der Waals surface area contributed by atoms with E-state index in [1.54, 1.807) is 30.8 Å². The molecule has 0 fully saturated rings. The van der Waals surface area contributed by atoms with Gasteiger partial charge in [0, 0.05) is 17.2 Å². The molecule has 1 heterocycles. The van der Waals surface area contributed by atoms with Gasteiger partial charge in [-0.2, -0.15) is 0 Å². The fourth-order valence-electron chi connectivity index (χ4n) is 2.56. The zero-order chi connectivity index (χ0) is 17.3. The summed E-state index contributed by atoms with van der Waals surface area (Å²) >= 11 is 3.35. The first-order chi connectivity index (χ1) is 11.5. The molecule has 3 rings (SSSR count). The summed E-state index contributed by atoms with van der Waals surface area (Å²) in [6.07, 6.45) is 0. The fraction of sp³-hybridized carbons (Fsp3) is 0.111. The molecule has 24 heavy (non-hydrogen) atoms. The van der Waals surface area contributed by atoms with Crippen LogP contribution in [-0.4, -0.2) is 15.3 Å². The Kier molecular flexibility index (Phi) is 4.40. The van der Waals surface area contributed by atoms with Crippen molar-refractivity contribution in [3.63, 3.8) is 0 Å². The highest BCUT2D eigenvalue weighted by atomic mass is 79.9. The second kappa shape index (κ2) is 6.49. The van der Waals surface area contributed by atoms with Gasteiger partial charge in [-0.1, -0.05) is 34.1 Å². The van der Waals surface area contributed by atoms with Crippen molar-refractivity contribution in [3.05, 3.63) is 80.7 Å². The van der Waals surface area contributed by atoms with E-state index in [0.717, 1.165) is 10.2 Å². The molecule has 0 saturated heterocycles. The highest BCUT2D eigenvalue weighted by Gasteiger charge is 2.22. The lowest BCUT2D eigenvalue weighted by Gasteiger charge is -2.07. The molecule has 3 aromatic rings. The van der Waals surface area contributed by atoms with Crippen molar-refractivity contribution in [2.75, 3.05) is 5.32 Å². The summed E-state index contributed by atoms with van der Waals surface area (Å²) < 4.78 is 4.10. The molecule has 1 N–H and O–H groups in total. The maximum atomic E-state index is 12.8. The van der Waals surface area contributed by atoms with E-state index in [1.165, 1.54) is 4.68 Å². The van der Waals surface area contributed by atoms with Gasteiger partial charge in [-0.15, -0.1) is 0 Å². The van der Waals surface area contributed by atoms with E-state index < -0.39 is 5.91 Å². The van der Waals surface area contributed by atoms with Crippen LogP contribution in [0.25, 0.3) is 5.69 Å². The molecule has 0 bridgehead atoms. The number of amides is 1. The van der Waals surface area contributed by atoms with E-state index >= 15 is 0 Å². The van der Waals surface area contributed by atoms with Crippen LogP contribution in [0, 0.1) is 6.92 Å². The van der Waals surface area contributed by atoms with Gasteiger partial charge in [-0.3, -0.25) is 14.3 Å². The number of halogens is 1. The number of rotatable bonds is 3. The number of anilines is 1. The molecule has 5 nitrogen and oxygen atoms in total. The van der Waals surface area contributed by atoms with Crippen molar-refractivity contribution in [1.29, 1.82) is 0 Å². The third-order valence-electron chi connectivity index (χ3n) is 3.88. The van der Waals surface area contributed by atoms with Crippen molar-refractivity contribution < 1.29 is 4.79 Å². The maximum absolute atomic E-state index is 12.8. The van der Waals surface area contributed by atoms with Crippen LogP contribution in [0.5, 0.6) is 0 Å². The average molecular weight is 386 g/mol. The Bertz CT molecular complexity index is 941. The Morgan fingerprint density at radius 3 is 2.29 bits per heavy atom. The summed E-state index contributed by atoms with van der Waals surface area (Å²) in [5.41, 5.74) is 1.77. The number of carbonyl (C=O) groups excluding carboxylic acids is 1. The van der Waals surface area contributed by atoms with Crippen molar-refractivity contribution in [3.8, 4) is 5.69 Å². The number of nitrogens with one attached hydrogen (secondary N) is 1. The van der Waals surface area contributed by atoms with Gasteiger partial charge in [0.15, 0.2) is 0 Å². The molecule has 1 aromatic heterocycles. The normalized spacial score (nSPS) is 10.6. The largest absolute Gasteiger partial charge is 0.322 e. The molecule has 0 spiro atoms. The Morgan fingerprint density at radius 2 is 1.67 bits per heavy atom. The van der Waals surface area contributed by atoms with Gasteiger partial charge in [0.1, 0.15) is 5.56 Å². The van der Waals surface area contributed by atoms with Gasteiger partial charge in [-0.25, -0.2) is 4.68 Å².